The van der Waals surface area contributed by atoms with E-state index in [1.807, 2.05) is 60.7 Å². The van der Waals surface area contributed by atoms with Gasteiger partial charge in [0, 0.05) is 0 Å². The standard InChI is InChI=1S/C22H30O3Si2.C22H30O2Si2.C16H26O2Si2/c1-26(2,16-15-18-13-14-21-22(17-18)24-21)25-27(23,19-9-5-3-6-10-19)20-11-7-4-8-12-20;1-26(2,16-15-18-13-14-21-22(17-18)23-21)24-25(19-9-5-3-6-10-19)20-11-7-4-8-12-20;1-20(2,18-19-14-6-4-3-5-7-14)11-10-13-8-9-15-16(12-13)17-15/h3-12,18,21-23H,13-17H2,1-2H3;3-12,18,21-22,25H,13-17H2,1-2H3;3-7,13,15-16H,8-12,19H2,1-2H3. The zero-order valence-corrected chi connectivity index (χ0v) is 51.5. The summed E-state index contributed by atoms with van der Waals surface area (Å²) in [5.74, 6) is 2.50. The third-order valence-electron chi connectivity index (χ3n) is 16.7. The zero-order chi connectivity index (χ0) is 50.9. The second-order valence-electron chi connectivity index (χ2n) is 24.1. The Labute approximate surface area is 447 Å². The van der Waals surface area contributed by atoms with Gasteiger partial charge in [-0.2, -0.15) is 0 Å². The van der Waals surface area contributed by atoms with Crippen LogP contribution in [0.2, 0.25) is 57.4 Å². The van der Waals surface area contributed by atoms with Gasteiger partial charge in [-0.1, -0.05) is 171 Å². The summed E-state index contributed by atoms with van der Waals surface area (Å²) in [6.07, 6.45) is 19.1. The van der Waals surface area contributed by atoms with E-state index in [4.69, 9.17) is 26.6 Å². The Morgan fingerprint density at radius 1 is 0.452 bits per heavy atom. The maximum absolute atomic E-state index is 11.8. The minimum atomic E-state index is -3.19. The molecule has 3 aliphatic carbocycles. The summed E-state index contributed by atoms with van der Waals surface area (Å²) in [4.78, 5) is 11.8. The van der Waals surface area contributed by atoms with Crippen LogP contribution in [0.15, 0.2) is 152 Å². The van der Waals surface area contributed by atoms with Gasteiger partial charge in [-0.25, -0.2) is 0 Å². The molecule has 11 rings (SSSR count). The van der Waals surface area contributed by atoms with Gasteiger partial charge in [-0.3, -0.25) is 0 Å². The Morgan fingerprint density at radius 3 is 1.21 bits per heavy atom. The lowest BCUT2D eigenvalue weighted by Crippen LogP contribution is -2.65. The molecule has 0 amide bonds. The first-order valence-electron chi connectivity index (χ1n) is 28.1. The minimum Gasteiger partial charge on any atom is -0.457 e. The Bertz CT molecular complexity index is 2340. The monoisotopic (exact) mass is 1090 g/mol. The molecule has 7 nitrogen and oxygen atoms in total. The van der Waals surface area contributed by atoms with E-state index in [9.17, 15) is 4.80 Å². The summed E-state index contributed by atoms with van der Waals surface area (Å²) >= 11 is 0. The van der Waals surface area contributed by atoms with Crippen LogP contribution in [0.5, 0.6) is 0 Å². The van der Waals surface area contributed by atoms with E-state index in [0.717, 1.165) is 34.2 Å². The van der Waals surface area contributed by atoms with Crippen LogP contribution in [0.25, 0.3) is 0 Å². The third kappa shape index (κ3) is 16.6. The highest BCUT2D eigenvalue weighted by atomic mass is 28.4. The largest absolute Gasteiger partial charge is 0.457 e. The van der Waals surface area contributed by atoms with E-state index in [0.29, 0.717) is 36.6 Å². The summed E-state index contributed by atoms with van der Waals surface area (Å²) in [7, 11) is -10.5. The first kappa shape index (κ1) is 54.9. The number of hydrogen-bond donors (Lipinski definition) is 1. The Kier molecular flexibility index (Phi) is 18.8. The molecule has 3 heterocycles. The van der Waals surface area contributed by atoms with Gasteiger partial charge < -0.3 is 31.4 Å². The summed E-state index contributed by atoms with van der Waals surface area (Å²) in [6, 6.07) is 56.1. The summed E-state index contributed by atoms with van der Waals surface area (Å²) in [6.45, 7) is 14.1. The van der Waals surface area contributed by atoms with Crippen LogP contribution in [0.3, 0.4) is 0 Å². The van der Waals surface area contributed by atoms with E-state index >= 15 is 0 Å². The fourth-order valence-corrected chi connectivity index (χ4v) is 30.2. The maximum atomic E-state index is 11.8. The van der Waals surface area contributed by atoms with Crippen molar-refractivity contribution in [2.45, 2.75) is 171 Å². The van der Waals surface area contributed by atoms with E-state index in [1.165, 1.54) is 105 Å². The highest BCUT2D eigenvalue weighted by molar-refractivity contribution is 6.97. The molecular weight excluding hydrogens is 1000 g/mol. The van der Waals surface area contributed by atoms with Crippen molar-refractivity contribution in [3.63, 3.8) is 0 Å². The van der Waals surface area contributed by atoms with Crippen LogP contribution >= 0.6 is 0 Å². The molecule has 9 atom stereocenters. The highest BCUT2D eigenvalue weighted by Gasteiger charge is 2.48. The lowest BCUT2D eigenvalue weighted by atomic mass is 9.88. The lowest BCUT2D eigenvalue weighted by molar-refractivity contribution is 0.352. The smallest absolute Gasteiger partial charge is 0.394 e. The average Bonchev–Trinajstić information content (AvgIpc) is 4.33. The third-order valence-corrected chi connectivity index (χ3v) is 36.8. The molecule has 3 saturated heterocycles. The Morgan fingerprint density at radius 2 is 0.808 bits per heavy atom. The van der Waals surface area contributed by atoms with Crippen LogP contribution in [0.4, 0.5) is 0 Å². The van der Waals surface area contributed by atoms with E-state index in [2.05, 4.69) is 130 Å². The lowest BCUT2D eigenvalue weighted by Gasteiger charge is -2.35. The van der Waals surface area contributed by atoms with Crippen LogP contribution in [-0.4, -0.2) is 93.7 Å². The first-order chi connectivity index (χ1) is 35.2. The summed E-state index contributed by atoms with van der Waals surface area (Å²) < 4.78 is 37.1. The van der Waals surface area contributed by atoms with Gasteiger partial charge >= 0.3 is 8.56 Å². The van der Waals surface area contributed by atoms with E-state index in [1.54, 1.807) is 0 Å². The molecule has 73 heavy (non-hydrogen) atoms. The van der Waals surface area contributed by atoms with Crippen LogP contribution in [0.1, 0.15) is 77.0 Å². The van der Waals surface area contributed by atoms with Crippen molar-refractivity contribution in [1.82, 2.24) is 0 Å². The van der Waals surface area contributed by atoms with E-state index < -0.39 is 52.3 Å². The summed E-state index contributed by atoms with van der Waals surface area (Å²) in [5, 5.41) is 6.09. The molecule has 3 aliphatic heterocycles. The minimum absolute atomic E-state index is 0.529. The van der Waals surface area contributed by atoms with Crippen molar-refractivity contribution < 1.29 is 31.4 Å². The second-order valence-corrected chi connectivity index (χ2v) is 44.8. The fraction of sp³-hybridized carbons (Fsp3) is 0.500. The Balaban J connectivity index is 0.000000136. The van der Waals surface area contributed by atoms with Crippen LogP contribution in [-0.2, 0) is 26.6 Å². The molecule has 13 heteroatoms. The predicted octanol–water partition coefficient (Wildman–Crippen LogP) is 9.69. The molecule has 5 aromatic rings. The van der Waals surface area contributed by atoms with Crippen molar-refractivity contribution in [1.29, 1.82) is 0 Å². The molecule has 0 aromatic heterocycles. The van der Waals surface area contributed by atoms with Gasteiger partial charge in [0.05, 0.1) is 36.6 Å². The average molecular weight is 1090 g/mol. The molecule has 392 valence electrons. The van der Waals surface area contributed by atoms with Crippen molar-refractivity contribution in [3.05, 3.63) is 152 Å². The number of hydrogen-bond acceptors (Lipinski definition) is 7. The van der Waals surface area contributed by atoms with Gasteiger partial charge in [0.25, 0.3) is 0 Å². The molecule has 6 aliphatic rings. The normalized spacial score (nSPS) is 26.3. The molecule has 0 radical (unpaired) electrons. The van der Waals surface area contributed by atoms with Crippen LogP contribution in [0, 0.1) is 17.8 Å². The predicted molar refractivity (Wildman–Crippen MR) is 316 cm³/mol. The zero-order valence-electron chi connectivity index (χ0n) is 44.9. The van der Waals surface area contributed by atoms with Crippen molar-refractivity contribution in [3.8, 4) is 0 Å². The molecular formula is C60H86O7Si6. The summed E-state index contributed by atoms with van der Waals surface area (Å²) in [5.41, 5.74) is 0. The number of rotatable bonds is 20. The second kappa shape index (κ2) is 25.1. The van der Waals surface area contributed by atoms with Crippen molar-refractivity contribution in [2.75, 3.05) is 0 Å². The fourth-order valence-electron chi connectivity index (χ4n) is 11.9. The molecule has 0 bridgehead atoms. The van der Waals surface area contributed by atoms with Gasteiger partial charge in [0.15, 0.2) is 34.7 Å². The number of fused-ring (bicyclic) bond motifs is 3. The molecule has 1 N–H and O–H groups in total. The topological polar surface area (TPSA) is 85.5 Å². The van der Waals surface area contributed by atoms with Crippen molar-refractivity contribution in [2.24, 2.45) is 17.8 Å². The molecule has 6 fully saturated rings. The highest BCUT2D eigenvalue weighted by Crippen LogP contribution is 2.44. The number of benzene rings is 5. The number of ether oxygens (including phenoxy) is 3. The van der Waals surface area contributed by atoms with Gasteiger partial charge in [-0.15, -0.1) is 0 Å². The molecule has 0 spiro atoms. The SMILES string of the molecule is C[Si](C)(CCC1CCC2OC2C1)O[SiH2]c1ccccc1.C[Si](C)(CCC1CCC2OC2C1)O[SiH](c1ccccc1)c1ccccc1.C[Si](C)(CCC1CCC2OC2C1)O[Si](O)(c1ccccc1)c1ccccc1. The van der Waals surface area contributed by atoms with Crippen molar-refractivity contribution >= 4 is 78.3 Å². The maximum Gasteiger partial charge on any atom is 0.394 e. The van der Waals surface area contributed by atoms with E-state index in [-0.39, 0.29) is 0 Å². The molecule has 9 unspecified atom stereocenters. The quantitative estimate of drug-likeness (QED) is 0.0614. The van der Waals surface area contributed by atoms with Gasteiger partial charge in [0.1, 0.15) is 0 Å². The Hall–Kier alpha value is -2.88. The molecule has 5 aromatic carbocycles. The van der Waals surface area contributed by atoms with Crippen LogP contribution < -0.4 is 25.9 Å². The van der Waals surface area contributed by atoms with Gasteiger partial charge in [-0.05, 0) is 159 Å². The number of epoxide rings is 3. The molecule has 3 saturated carbocycles. The first-order valence-corrected chi connectivity index (χ1v) is 42.3. The van der Waals surface area contributed by atoms with Gasteiger partial charge in [0.2, 0.25) is 9.04 Å².